The highest BCUT2D eigenvalue weighted by molar-refractivity contribution is 5.43. The van der Waals surface area contributed by atoms with E-state index in [4.69, 9.17) is 0 Å². The zero-order chi connectivity index (χ0) is 13.7. The molecule has 1 aromatic heterocycles. The number of hydrogen-bond acceptors (Lipinski definition) is 6. The molecule has 1 unspecified atom stereocenters. The molecule has 0 bridgehead atoms. The second kappa shape index (κ2) is 6.68. The highest BCUT2D eigenvalue weighted by Crippen LogP contribution is 2.16. The van der Waals surface area contributed by atoms with E-state index in [0.29, 0.717) is 18.5 Å². The van der Waals surface area contributed by atoms with Gasteiger partial charge in [0.15, 0.2) is 0 Å². The fourth-order valence-corrected chi connectivity index (χ4v) is 2.33. The molecule has 1 saturated heterocycles. The molecule has 6 heteroatoms. The first-order valence-corrected chi connectivity index (χ1v) is 6.80. The molecule has 0 amide bonds. The van der Waals surface area contributed by atoms with Gasteiger partial charge in [-0.05, 0) is 25.5 Å². The van der Waals surface area contributed by atoms with E-state index in [0.717, 1.165) is 18.9 Å². The van der Waals surface area contributed by atoms with Gasteiger partial charge in [-0.2, -0.15) is 4.98 Å². The first kappa shape index (κ1) is 14.0. The van der Waals surface area contributed by atoms with Crippen molar-refractivity contribution in [1.29, 1.82) is 0 Å². The maximum atomic E-state index is 9.23. The van der Waals surface area contributed by atoms with Crippen molar-refractivity contribution in [1.82, 2.24) is 15.3 Å². The highest BCUT2D eigenvalue weighted by atomic mass is 16.3. The van der Waals surface area contributed by atoms with Crippen molar-refractivity contribution in [3.8, 4) is 0 Å². The van der Waals surface area contributed by atoms with Gasteiger partial charge in [0.25, 0.3) is 0 Å². The van der Waals surface area contributed by atoms with Crippen LogP contribution in [0.1, 0.15) is 12.8 Å². The first-order valence-electron chi connectivity index (χ1n) is 6.80. The minimum atomic E-state index is 0.133. The Kier molecular flexibility index (Phi) is 4.93. The lowest BCUT2D eigenvalue weighted by Crippen LogP contribution is -2.39. The summed E-state index contributed by atoms with van der Waals surface area (Å²) in [6.07, 6.45) is 4.18. The third-order valence-electron chi connectivity index (χ3n) is 3.33. The first-order chi connectivity index (χ1) is 9.20. The quantitative estimate of drug-likeness (QED) is 0.760. The average molecular weight is 265 g/mol. The predicted molar refractivity (Wildman–Crippen MR) is 76.7 cm³/mol. The van der Waals surface area contributed by atoms with Crippen molar-refractivity contribution in [2.24, 2.45) is 0 Å². The summed E-state index contributed by atoms with van der Waals surface area (Å²) < 4.78 is 0. The zero-order valence-electron chi connectivity index (χ0n) is 11.7. The van der Waals surface area contributed by atoms with Crippen molar-refractivity contribution >= 4 is 11.8 Å². The topological polar surface area (TPSA) is 64.5 Å². The number of hydrogen-bond donors (Lipinski definition) is 2. The molecule has 1 aliphatic rings. The van der Waals surface area contributed by atoms with Crippen LogP contribution in [0.15, 0.2) is 12.3 Å². The molecular weight excluding hydrogens is 242 g/mol. The van der Waals surface area contributed by atoms with E-state index >= 15 is 0 Å². The maximum Gasteiger partial charge on any atom is 0.226 e. The zero-order valence-corrected chi connectivity index (χ0v) is 11.7. The summed E-state index contributed by atoms with van der Waals surface area (Å²) in [5.41, 5.74) is 0. The Morgan fingerprint density at radius 3 is 2.95 bits per heavy atom. The lowest BCUT2D eigenvalue weighted by molar-refractivity contribution is 0.300. The Morgan fingerprint density at radius 2 is 2.32 bits per heavy atom. The molecule has 0 aliphatic carbocycles. The van der Waals surface area contributed by atoms with Crippen LogP contribution in [0, 0.1) is 0 Å². The summed E-state index contributed by atoms with van der Waals surface area (Å²) in [4.78, 5) is 12.8. The fourth-order valence-electron chi connectivity index (χ4n) is 2.33. The van der Waals surface area contributed by atoms with Crippen molar-refractivity contribution in [3.63, 3.8) is 0 Å². The average Bonchev–Trinajstić information content (AvgIpc) is 2.91. The molecule has 1 atom stereocenters. The number of rotatable bonds is 6. The van der Waals surface area contributed by atoms with Crippen molar-refractivity contribution in [2.75, 3.05) is 50.1 Å². The molecule has 19 heavy (non-hydrogen) atoms. The summed E-state index contributed by atoms with van der Waals surface area (Å²) >= 11 is 0. The fraction of sp³-hybridized carbons (Fsp3) is 0.692. The molecule has 2 N–H and O–H groups in total. The SMILES string of the molecule is CN(C)c1nccc(N(CCO)CC2CCCN2)n1. The maximum absolute atomic E-state index is 9.23. The van der Waals surface area contributed by atoms with E-state index in [1.54, 1.807) is 6.20 Å². The monoisotopic (exact) mass is 265 g/mol. The molecule has 0 radical (unpaired) electrons. The van der Waals surface area contributed by atoms with Gasteiger partial charge in [-0.15, -0.1) is 0 Å². The smallest absolute Gasteiger partial charge is 0.226 e. The van der Waals surface area contributed by atoms with Crippen LogP contribution < -0.4 is 15.1 Å². The molecule has 2 heterocycles. The number of aromatic nitrogens is 2. The molecule has 1 aliphatic heterocycles. The number of anilines is 2. The summed E-state index contributed by atoms with van der Waals surface area (Å²) in [5, 5.41) is 12.7. The Labute approximate surface area is 114 Å². The number of nitrogens with one attached hydrogen (secondary N) is 1. The van der Waals surface area contributed by atoms with Crippen molar-refractivity contribution < 1.29 is 5.11 Å². The molecule has 1 fully saturated rings. The third-order valence-corrected chi connectivity index (χ3v) is 3.33. The number of aliphatic hydroxyl groups excluding tert-OH is 1. The van der Waals surface area contributed by atoms with E-state index < -0.39 is 0 Å². The summed E-state index contributed by atoms with van der Waals surface area (Å²) in [5.74, 6) is 1.57. The Hall–Kier alpha value is -1.40. The van der Waals surface area contributed by atoms with Crippen LogP contribution in [0.2, 0.25) is 0 Å². The van der Waals surface area contributed by atoms with E-state index in [-0.39, 0.29) is 6.61 Å². The largest absolute Gasteiger partial charge is 0.395 e. The minimum Gasteiger partial charge on any atom is -0.395 e. The molecule has 0 aromatic carbocycles. The van der Waals surface area contributed by atoms with Gasteiger partial charge < -0.3 is 20.2 Å². The summed E-state index contributed by atoms with van der Waals surface area (Å²) in [6.45, 7) is 2.70. The van der Waals surface area contributed by atoms with Crippen LogP contribution in [-0.4, -0.2) is 61.5 Å². The molecular formula is C13H23N5O. The van der Waals surface area contributed by atoms with E-state index in [1.165, 1.54) is 12.8 Å². The standard InChI is InChI=1S/C13H23N5O/c1-17(2)13-15-7-5-12(16-13)18(8-9-19)10-11-4-3-6-14-11/h5,7,11,14,19H,3-4,6,8-10H2,1-2H3. The molecule has 1 aromatic rings. The third kappa shape index (κ3) is 3.78. The van der Waals surface area contributed by atoms with Gasteiger partial charge in [-0.25, -0.2) is 4.98 Å². The lowest BCUT2D eigenvalue weighted by atomic mass is 10.2. The number of aliphatic hydroxyl groups is 1. The second-order valence-electron chi connectivity index (χ2n) is 5.07. The Morgan fingerprint density at radius 1 is 1.47 bits per heavy atom. The van der Waals surface area contributed by atoms with Gasteiger partial charge in [0, 0.05) is 39.4 Å². The van der Waals surface area contributed by atoms with E-state index in [1.807, 2.05) is 25.1 Å². The Bertz CT molecular complexity index is 392. The van der Waals surface area contributed by atoms with Crippen LogP contribution in [0.4, 0.5) is 11.8 Å². The van der Waals surface area contributed by atoms with Crippen molar-refractivity contribution in [2.45, 2.75) is 18.9 Å². The lowest BCUT2D eigenvalue weighted by Gasteiger charge is -2.26. The van der Waals surface area contributed by atoms with Crippen molar-refractivity contribution in [3.05, 3.63) is 12.3 Å². The number of nitrogens with zero attached hydrogens (tertiary/aromatic N) is 4. The highest BCUT2D eigenvalue weighted by Gasteiger charge is 2.19. The van der Waals surface area contributed by atoms with Crippen LogP contribution in [0.5, 0.6) is 0 Å². The van der Waals surface area contributed by atoms with Gasteiger partial charge in [-0.1, -0.05) is 0 Å². The van der Waals surface area contributed by atoms with Crippen LogP contribution in [0.3, 0.4) is 0 Å². The van der Waals surface area contributed by atoms with Gasteiger partial charge in [0.2, 0.25) is 5.95 Å². The van der Waals surface area contributed by atoms with Gasteiger partial charge in [0.05, 0.1) is 6.61 Å². The Balaban J connectivity index is 2.10. The van der Waals surface area contributed by atoms with E-state index in [2.05, 4.69) is 20.2 Å². The summed E-state index contributed by atoms with van der Waals surface area (Å²) in [7, 11) is 3.85. The minimum absolute atomic E-state index is 0.133. The van der Waals surface area contributed by atoms with Crippen LogP contribution >= 0.6 is 0 Å². The van der Waals surface area contributed by atoms with Gasteiger partial charge in [-0.3, -0.25) is 0 Å². The molecule has 0 spiro atoms. The van der Waals surface area contributed by atoms with Crippen LogP contribution in [-0.2, 0) is 0 Å². The molecule has 6 nitrogen and oxygen atoms in total. The second-order valence-corrected chi connectivity index (χ2v) is 5.07. The normalized spacial score (nSPS) is 18.6. The van der Waals surface area contributed by atoms with E-state index in [9.17, 15) is 5.11 Å². The molecule has 2 rings (SSSR count). The summed E-state index contributed by atoms with van der Waals surface area (Å²) in [6, 6.07) is 2.39. The molecule has 106 valence electrons. The molecule has 0 saturated carbocycles. The predicted octanol–water partition coefficient (Wildman–Crippen LogP) is 0.0933. The van der Waals surface area contributed by atoms with Crippen LogP contribution in [0.25, 0.3) is 0 Å². The van der Waals surface area contributed by atoms with Gasteiger partial charge >= 0.3 is 0 Å². The van der Waals surface area contributed by atoms with Gasteiger partial charge in [0.1, 0.15) is 5.82 Å².